The van der Waals surface area contributed by atoms with Gasteiger partial charge in [0.2, 0.25) is 0 Å². The molecular weight excluding hydrogens is 420 g/mol. The number of methoxy groups -OCH3 is 2. The third kappa shape index (κ3) is 4.69. The van der Waals surface area contributed by atoms with Gasteiger partial charge in [-0.1, -0.05) is 48.5 Å². The number of anilines is 2. The lowest BCUT2D eigenvalue weighted by Gasteiger charge is -2.11. The number of amides is 2. The van der Waals surface area contributed by atoms with Crippen molar-refractivity contribution in [2.75, 3.05) is 24.9 Å². The first-order valence-electron chi connectivity index (χ1n) is 10.1. The van der Waals surface area contributed by atoms with Crippen LogP contribution in [0.1, 0.15) is 10.5 Å². The Bertz CT molecular complexity index is 1250. The first-order chi connectivity index (χ1) is 16.1. The number of esters is 1. The quantitative estimate of drug-likeness (QED) is 0.411. The number of benzene rings is 3. The van der Waals surface area contributed by atoms with Gasteiger partial charge in [-0.05, 0) is 36.4 Å². The minimum atomic E-state index is -0.631. The third-order valence-electron chi connectivity index (χ3n) is 4.90. The van der Waals surface area contributed by atoms with Gasteiger partial charge < -0.3 is 20.1 Å². The van der Waals surface area contributed by atoms with Crippen molar-refractivity contribution in [3.8, 4) is 22.7 Å². The normalized spacial score (nSPS) is 10.4. The maximum atomic E-state index is 12.9. The number of rotatable bonds is 6. The lowest BCUT2D eigenvalue weighted by molar-refractivity contribution is 0.0591. The maximum absolute atomic E-state index is 12.9. The molecule has 33 heavy (non-hydrogen) atoms. The van der Waals surface area contributed by atoms with E-state index < -0.39 is 12.0 Å². The number of aromatic nitrogens is 2. The number of nitrogens with zero attached hydrogens (tertiary/aromatic N) is 2. The van der Waals surface area contributed by atoms with Crippen molar-refractivity contribution >= 4 is 23.4 Å². The van der Waals surface area contributed by atoms with Crippen LogP contribution in [0.25, 0.3) is 16.9 Å². The van der Waals surface area contributed by atoms with Crippen molar-refractivity contribution in [2.45, 2.75) is 0 Å². The van der Waals surface area contributed by atoms with Crippen molar-refractivity contribution in [1.29, 1.82) is 0 Å². The number of hydrogen-bond donors (Lipinski definition) is 2. The van der Waals surface area contributed by atoms with Crippen LogP contribution in [0.4, 0.5) is 16.2 Å². The zero-order valence-electron chi connectivity index (χ0n) is 18.1. The van der Waals surface area contributed by atoms with Gasteiger partial charge in [0.1, 0.15) is 17.1 Å². The number of ether oxygens (including phenoxy) is 2. The molecule has 0 saturated heterocycles. The summed E-state index contributed by atoms with van der Waals surface area (Å²) in [6, 6.07) is 24.8. The van der Waals surface area contributed by atoms with Crippen LogP contribution in [0.15, 0.2) is 84.9 Å². The van der Waals surface area contributed by atoms with E-state index in [-0.39, 0.29) is 11.4 Å². The third-order valence-corrected chi connectivity index (χ3v) is 4.90. The van der Waals surface area contributed by atoms with Gasteiger partial charge in [-0.2, -0.15) is 5.10 Å². The second kappa shape index (κ2) is 9.69. The Balaban J connectivity index is 1.78. The average molecular weight is 442 g/mol. The number of para-hydroxylation sites is 1. The molecule has 166 valence electrons. The topological polar surface area (TPSA) is 94.5 Å². The monoisotopic (exact) mass is 442 g/mol. The molecule has 0 radical (unpaired) electrons. The molecule has 0 aliphatic carbocycles. The molecule has 0 spiro atoms. The number of hydrogen-bond acceptors (Lipinski definition) is 5. The highest BCUT2D eigenvalue weighted by atomic mass is 16.5. The van der Waals surface area contributed by atoms with Gasteiger partial charge in [-0.3, -0.25) is 0 Å². The zero-order chi connectivity index (χ0) is 23.2. The van der Waals surface area contributed by atoms with Crippen LogP contribution in [-0.4, -0.2) is 36.0 Å². The molecule has 0 atom stereocenters. The summed E-state index contributed by atoms with van der Waals surface area (Å²) in [5.74, 6) is 0.0396. The van der Waals surface area contributed by atoms with Gasteiger partial charge in [-0.25, -0.2) is 14.3 Å². The summed E-state index contributed by atoms with van der Waals surface area (Å²) >= 11 is 0. The molecule has 0 fully saturated rings. The number of nitrogens with one attached hydrogen (secondary N) is 2. The molecule has 2 amide bonds. The molecule has 2 N–H and O–H groups in total. The molecule has 0 aliphatic rings. The fourth-order valence-corrected chi connectivity index (χ4v) is 3.33. The molecular formula is C25H22N4O4. The van der Waals surface area contributed by atoms with Crippen molar-refractivity contribution in [1.82, 2.24) is 9.78 Å². The molecule has 1 heterocycles. The Hall–Kier alpha value is -4.59. The molecule has 8 nitrogen and oxygen atoms in total. The lowest BCUT2D eigenvalue weighted by atomic mass is 10.1. The highest BCUT2D eigenvalue weighted by Gasteiger charge is 2.27. The van der Waals surface area contributed by atoms with E-state index in [1.807, 2.05) is 60.7 Å². The van der Waals surface area contributed by atoms with Crippen LogP contribution in [0, 0.1) is 0 Å². The first-order valence-corrected chi connectivity index (χ1v) is 10.1. The highest BCUT2D eigenvalue weighted by Crippen LogP contribution is 2.33. The summed E-state index contributed by atoms with van der Waals surface area (Å²) in [6.45, 7) is 0. The highest BCUT2D eigenvalue weighted by molar-refractivity contribution is 6.07. The summed E-state index contributed by atoms with van der Waals surface area (Å²) in [6.07, 6.45) is 0. The van der Waals surface area contributed by atoms with E-state index in [2.05, 4.69) is 15.7 Å². The minimum absolute atomic E-state index is 0.104. The molecule has 1 aromatic heterocycles. The largest absolute Gasteiger partial charge is 0.497 e. The van der Waals surface area contributed by atoms with Gasteiger partial charge in [0.15, 0.2) is 5.69 Å². The average Bonchev–Trinajstić information content (AvgIpc) is 3.24. The van der Waals surface area contributed by atoms with Crippen LogP contribution in [0.3, 0.4) is 0 Å². The van der Waals surface area contributed by atoms with E-state index in [0.29, 0.717) is 22.8 Å². The molecule has 8 heteroatoms. The summed E-state index contributed by atoms with van der Waals surface area (Å²) in [5.41, 5.74) is 2.72. The number of carbonyl (C=O) groups is 2. The van der Waals surface area contributed by atoms with Gasteiger partial charge in [0, 0.05) is 11.3 Å². The van der Waals surface area contributed by atoms with Crippen LogP contribution >= 0.6 is 0 Å². The zero-order valence-corrected chi connectivity index (χ0v) is 18.1. The Labute approximate surface area is 190 Å². The first kappa shape index (κ1) is 21.6. The van der Waals surface area contributed by atoms with Crippen LogP contribution in [0.5, 0.6) is 5.75 Å². The Morgan fingerprint density at radius 2 is 1.45 bits per heavy atom. The van der Waals surface area contributed by atoms with Crippen molar-refractivity contribution in [3.05, 3.63) is 90.6 Å². The SMILES string of the molecule is COC(=O)c1c(NC(=O)Nc2ccc(OC)cc2)c(-c2ccccc2)nn1-c1ccccc1. The van der Waals surface area contributed by atoms with E-state index in [9.17, 15) is 9.59 Å². The van der Waals surface area contributed by atoms with E-state index >= 15 is 0 Å². The minimum Gasteiger partial charge on any atom is -0.497 e. The van der Waals surface area contributed by atoms with Crippen molar-refractivity contribution in [2.24, 2.45) is 0 Å². The molecule has 0 bridgehead atoms. The van der Waals surface area contributed by atoms with Gasteiger partial charge in [0.05, 0.1) is 19.9 Å². The predicted octanol–water partition coefficient (Wildman–Crippen LogP) is 4.98. The summed E-state index contributed by atoms with van der Waals surface area (Å²) in [7, 11) is 2.85. The molecule has 0 aliphatic heterocycles. The standard InChI is InChI=1S/C25H22N4O4/c1-32-20-15-13-18(14-16-20)26-25(31)27-22-21(17-9-5-3-6-10-17)28-29(23(22)24(30)33-2)19-11-7-4-8-12-19/h3-16H,1-2H3,(H2,26,27,31). The fraction of sp³-hybridized carbons (Fsp3) is 0.0800. The van der Waals surface area contributed by atoms with Gasteiger partial charge in [-0.15, -0.1) is 0 Å². The number of carbonyl (C=O) groups excluding carboxylic acids is 2. The second-order valence-electron chi connectivity index (χ2n) is 6.98. The Morgan fingerprint density at radius 3 is 2.06 bits per heavy atom. The Morgan fingerprint density at radius 1 is 0.818 bits per heavy atom. The van der Waals surface area contributed by atoms with Crippen LogP contribution in [-0.2, 0) is 4.74 Å². The number of urea groups is 1. The smallest absolute Gasteiger partial charge is 0.359 e. The molecule has 0 saturated carbocycles. The molecule has 3 aromatic carbocycles. The second-order valence-corrected chi connectivity index (χ2v) is 6.98. The van der Waals surface area contributed by atoms with Crippen LogP contribution < -0.4 is 15.4 Å². The van der Waals surface area contributed by atoms with Gasteiger partial charge in [0.25, 0.3) is 0 Å². The lowest BCUT2D eigenvalue weighted by Crippen LogP contribution is -2.22. The molecule has 4 rings (SSSR count). The maximum Gasteiger partial charge on any atom is 0.359 e. The van der Waals surface area contributed by atoms with E-state index in [1.165, 1.54) is 11.8 Å². The Kier molecular flexibility index (Phi) is 6.36. The summed E-state index contributed by atoms with van der Waals surface area (Å²) < 4.78 is 11.6. The van der Waals surface area contributed by atoms with Crippen molar-refractivity contribution in [3.63, 3.8) is 0 Å². The van der Waals surface area contributed by atoms with E-state index in [1.54, 1.807) is 31.4 Å². The van der Waals surface area contributed by atoms with Crippen LogP contribution in [0.2, 0.25) is 0 Å². The van der Waals surface area contributed by atoms with Crippen molar-refractivity contribution < 1.29 is 19.1 Å². The van der Waals surface area contributed by atoms with E-state index in [4.69, 9.17) is 9.47 Å². The summed E-state index contributed by atoms with van der Waals surface area (Å²) in [4.78, 5) is 25.7. The predicted molar refractivity (Wildman–Crippen MR) is 126 cm³/mol. The molecule has 0 unspecified atom stereocenters. The molecule has 4 aromatic rings. The fourth-order valence-electron chi connectivity index (χ4n) is 3.33. The summed E-state index contributed by atoms with van der Waals surface area (Å²) in [5, 5.41) is 10.2. The van der Waals surface area contributed by atoms with Gasteiger partial charge >= 0.3 is 12.0 Å². The van der Waals surface area contributed by atoms with E-state index in [0.717, 1.165) is 5.56 Å².